The van der Waals surface area contributed by atoms with Crippen molar-refractivity contribution in [3.8, 4) is 5.75 Å². The number of rotatable bonds is 7. The lowest BCUT2D eigenvalue weighted by molar-refractivity contribution is 0.114. The number of nitrogens with one attached hydrogen (secondary N) is 1. The Labute approximate surface area is 160 Å². The molecule has 1 heterocycles. The molecule has 1 aliphatic rings. The van der Waals surface area contributed by atoms with E-state index in [1.807, 2.05) is 24.3 Å². The van der Waals surface area contributed by atoms with Gasteiger partial charge in [-0.3, -0.25) is 0 Å². The van der Waals surface area contributed by atoms with Crippen LogP contribution in [0.2, 0.25) is 0 Å². The van der Waals surface area contributed by atoms with E-state index in [4.69, 9.17) is 4.74 Å². The van der Waals surface area contributed by atoms with Crippen molar-refractivity contribution in [2.45, 2.75) is 31.2 Å². The minimum Gasteiger partial charge on any atom is -0.490 e. The summed E-state index contributed by atoms with van der Waals surface area (Å²) in [7, 11) is -1.38. The SMILES string of the molecule is CN1CCC(Oc2ccc(CNS(=O)(=O)Cc3ccc(F)cc3)cc2)CC1. The Morgan fingerprint density at radius 2 is 1.63 bits per heavy atom. The van der Waals surface area contributed by atoms with Gasteiger partial charge in [-0.2, -0.15) is 0 Å². The van der Waals surface area contributed by atoms with Gasteiger partial charge in [0.2, 0.25) is 10.0 Å². The second kappa shape index (κ2) is 8.82. The summed E-state index contributed by atoms with van der Waals surface area (Å²) in [5, 5.41) is 0. The third-order valence-corrected chi connectivity index (χ3v) is 5.96. The van der Waals surface area contributed by atoms with Crippen LogP contribution in [0.25, 0.3) is 0 Å². The molecule has 0 amide bonds. The first-order chi connectivity index (χ1) is 12.9. The molecule has 0 saturated carbocycles. The van der Waals surface area contributed by atoms with E-state index >= 15 is 0 Å². The molecule has 1 fully saturated rings. The van der Waals surface area contributed by atoms with Gasteiger partial charge < -0.3 is 9.64 Å². The maximum Gasteiger partial charge on any atom is 0.216 e. The average molecular weight is 392 g/mol. The van der Waals surface area contributed by atoms with E-state index in [1.165, 1.54) is 24.3 Å². The molecule has 0 radical (unpaired) electrons. The molecule has 2 aromatic rings. The van der Waals surface area contributed by atoms with Gasteiger partial charge in [-0.15, -0.1) is 0 Å². The number of nitrogens with zero attached hydrogens (tertiary/aromatic N) is 1. The predicted octanol–water partition coefficient (Wildman–Crippen LogP) is 2.92. The lowest BCUT2D eigenvalue weighted by Crippen LogP contribution is -2.35. The third-order valence-electron chi connectivity index (χ3n) is 4.66. The van der Waals surface area contributed by atoms with Crippen LogP contribution in [0, 0.1) is 5.82 Å². The van der Waals surface area contributed by atoms with Gasteiger partial charge in [0.1, 0.15) is 17.7 Å². The van der Waals surface area contributed by atoms with Crippen molar-refractivity contribution >= 4 is 10.0 Å². The van der Waals surface area contributed by atoms with Crippen LogP contribution in [0.15, 0.2) is 48.5 Å². The second-order valence-electron chi connectivity index (χ2n) is 6.97. The maximum atomic E-state index is 12.9. The lowest BCUT2D eigenvalue weighted by atomic mass is 10.1. The molecule has 0 bridgehead atoms. The fourth-order valence-electron chi connectivity index (χ4n) is 3.03. The van der Waals surface area contributed by atoms with Crippen LogP contribution in [0.3, 0.4) is 0 Å². The van der Waals surface area contributed by atoms with Crippen molar-refractivity contribution in [2.24, 2.45) is 0 Å². The first-order valence-electron chi connectivity index (χ1n) is 9.05. The number of hydrogen-bond acceptors (Lipinski definition) is 4. The van der Waals surface area contributed by atoms with E-state index in [9.17, 15) is 12.8 Å². The lowest BCUT2D eigenvalue weighted by Gasteiger charge is -2.29. The van der Waals surface area contributed by atoms with Crippen LogP contribution in [-0.2, 0) is 22.3 Å². The van der Waals surface area contributed by atoms with Gasteiger partial charge in [0.15, 0.2) is 0 Å². The Morgan fingerprint density at radius 1 is 1.04 bits per heavy atom. The summed E-state index contributed by atoms with van der Waals surface area (Å²) in [6, 6.07) is 13.0. The average Bonchev–Trinajstić information content (AvgIpc) is 2.65. The molecule has 1 saturated heterocycles. The largest absolute Gasteiger partial charge is 0.490 e. The van der Waals surface area contributed by atoms with E-state index in [0.29, 0.717) is 5.56 Å². The van der Waals surface area contributed by atoms with Gasteiger partial charge in [0.05, 0.1) is 5.75 Å². The van der Waals surface area contributed by atoms with E-state index in [0.717, 1.165) is 37.2 Å². The molecule has 5 nitrogen and oxygen atoms in total. The molecule has 146 valence electrons. The van der Waals surface area contributed by atoms with Crippen LogP contribution < -0.4 is 9.46 Å². The number of piperidine rings is 1. The number of ether oxygens (including phenoxy) is 1. The molecule has 0 unspecified atom stereocenters. The molecule has 27 heavy (non-hydrogen) atoms. The van der Waals surface area contributed by atoms with Crippen LogP contribution in [-0.4, -0.2) is 39.6 Å². The summed E-state index contributed by atoms with van der Waals surface area (Å²) in [4.78, 5) is 2.29. The number of benzene rings is 2. The summed E-state index contributed by atoms with van der Waals surface area (Å²) < 4.78 is 45.8. The predicted molar refractivity (Wildman–Crippen MR) is 103 cm³/mol. The number of halogens is 1. The smallest absolute Gasteiger partial charge is 0.216 e. The normalized spacial score (nSPS) is 16.4. The van der Waals surface area contributed by atoms with Crippen LogP contribution in [0.4, 0.5) is 4.39 Å². The van der Waals surface area contributed by atoms with E-state index in [2.05, 4.69) is 16.7 Å². The fourth-order valence-corrected chi connectivity index (χ4v) is 4.15. The van der Waals surface area contributed by atoms with E-state index in [-0.39, 0.29) is 24.2 Å². The Kier molecular flexibility index (Phi) is 6.46. The Bertz CT molecular complexity index is 831. The highest BCUT2D eigenvalue weighted by atomic mass is 32.2. The van der Waals surface area contributed by atoms with Gasteiger partial charge in [-0.05, 0) is 55.3 Å². The summed E-state index contributed by atoms with van der Waals surface area (Å²) in [6.07, 6.45) is 2.27. The molecule has 3 rings (SSSR count). The van der Waals surface area contributed by atoms with Gasteiger partial charge in [0.25, 0.3) is 0 Å². The molecule has 1 aliphatic heterocycles. The molecule has 7 heteroatoms. The van der Waals surface area contributed by atoms with Gasteiger partial charge in [-0.25, -0.2) is 17.5 Å². The number of sulfonamides is 1. The quantitative estimate of drug-likeness (QED) is 0.787. The van der Waals surface area contributed by atoms with E-state index < -0.39 is 10.0 Å². The highest BCUT2D eigenvalue weighted by Crippen LogP contribution is 2.19. The van der Waals surface area contributed by atoms with Crippen molar-refractivity contribution in [3.63, 3.8) is 0 Å². The number of likely N-dealkylation sites (tertiary alicyclic amines) is 1. The number of hydrogen-bond donors (Lipinski definition) is 1. The summed E-state index contributed by atoms with van der Waals surface area (Å²) >= 11 is 0. The fraction of sp³-hybridized carbons (Fsp3) is 0.400. The maximum absolute atomic E-state index is 12.9. The standard InChI is InChI=1S/C20H25FN2O3S/c1-23-12-10-20(11-13-23)26-19-8-4-16(5-9-19)14-22-27(24,25)15-17-2-6-18(21)7-3-17/h2-9,20,22H,10-15H2,1H3. The zero-order valence-corrected chi connectivity index (χ0v) is 16.2. The Hall–Kier alpha value is -1.96. The Balaban J connectivity index is 1.49. The molecular formula is C20H25FN2O3S. The minimum atomic E-state index is -3.49. The van der Waals surface area contributed by atoms with Gasteiger partial charge >= 0.3 is 0 Å². The molecule has 1 N–H and O–H groups in total. The summed E-state index contributed by atoms with van der Waals surface area (Å²) in [5.74, 6) is 0.249. The zero-order chi connectivity index (χ0) is 19.3. The zero-order valence-electron chi connectivity index (χ0n) is 15.4. The van der Waals surface area contributed by atoms with Gasteiger partial charge in [-0.1, -0.05) is 24.3 Å². The van der Waals surface area contributed by atoms with E-state index in [1.54, 1.807) is 0 Å². The van der Waals surface area contributed by atoms with Crippen molar-refractivity contribution in [2.75, 3.05) is 20.1 Å². The summed E-state index contributed by atoms with van der Waals surface area (Å²) in [5.41, 5.74) is 1.40. The highest BCUT2D eigenvalue weighted by Gasteiger charge is 2.18. The van der Waals surface area contributed by atoms with Crippen LogP contribution in [0.1, 0.15) is 24.0 Å². The monoisotopic (exact) mass is 392 g/mol. The molecule has 0 aliphatic carbocycles. The van der Waals surface area contributed by atoms with Crippen LogP contribution in [0.5, 0.6) is 5.75 Å². The van der Waals surface area contributed by atoms with Crippen molar-refractivity contribution < 1.29 is 17.5 Å². The second-order valence-corrected chi connectivity index (χ2v) is 8.78. The Morgan fingerprint density at radius 3 is 2.26 bits per heavy atom. The van der Waals surface area contributed by atoms with Crippen molar-refractivity contribution in [3.05, 3.63) is 65.5 Å². The first kappa shape index (κ1) is 19.8. The minimum absolute atomic E-state index is 0.176. The first-order valence-corrected chi connectivity index (χ1v) is 10.7. The summed E-state index contributed by atoms with van der Waals surface area (Å²) in [6.45, 7) is 2.29. The topological polar surface area (TPSA) is 58.6 Å². The molecule has 0 aromatic heterocycles. The highest BCUT2D eigenvalue weighted by molar-refractivity contribution is 7.88. The van der Waals surface area contributed by atoms with Crippen LogP contribution >= 0.6 is 0 Å². The molecule has 0 atom stereocenters. The molecule has 0 spiro atoms. The van der Waals surface area contributed by atoms with Crippen molar-refractivity contribution in [1.82, 2.24) is 9.62 Å². The molecular weight excluding hydrogens is 367 g/mol. The van der Waals surface area contributed by atoms with Gasteiger partial charge in [0, 0.05) is 19.6 Å². The molecule has 2 aromatic carbocycles. The van der Waals surface area contributed by atoms with Crippen molar-refractivity contribution in [1.29, 1.82) is 0 Å². The third kappa shape index (κ3) is 6.30.